The van der Waals surface area contributed by atoms with E-state index in [1.54, 1.807) is 0 Å². The van der Waals surface area contributed by atoms with Gasteiger partial charge in [0.15, 0.2) is 0 Å². The molecule has 0 amide bonds. The lowest BCUT2D eigenvalue weighted by atomic mass is 9.88. The number of hydrogen-bond acceptors (Lipinski definition) is 1. The van der Waals surface area contributed by atoms with Crippen molar-refractivity contribution in [3.05, 3.63) is 120 Å². The van der Waals surface area contributed by atoms with Crippen LogP contribution in [0, 0.1) is 12.3 Å². The average molecular weight is 412 g/mol. The molecule has 0 spiro atoms. The summed E-state index contributed by atoms with van der Waals surface area (Å²) < 4.78 is 0. The zero-order chi connectivity index (χ0) is 23.0. The Bertz CT molecular complexity index is 1010. The topological polar surface area (TPSA) is 12.0 Å². The van der Waals surface area contributed by atoms with Crippen molar-refractivity contribution in [3.8, 4) is 0 Å². The number of rotatable bonds is 8. The molecule has 0 saturated carbocycles. The number of allylic oxidation sites excluding steroid dienone is 7. The van der Waals surface area contributed by atoms with E-state index in [-0.39, 0.29) is 5.41 Å². The quantitative estimate of drug-likeness (QED) is 0.429. The lowest BCUT2D eigenvalue weighted by molar-refractivity contribution is 0.420. The molecule has 0 bridgehead atoms. The first-order chi connectivity index (χ1) is 14.5. The largest absolute Gasteiger partial charge is 0.359 e. The zero-order valence-electron chi connectivity index (χ0n) is 20.0. The lowest BCUT2D eigenvalue weighted by Crippen LogP contribution is -2.08. The summed E-state index contributed by atoms with van der Waals surface area (Å²) in [6.45, 7) is 21.7. The Morgan fingerprint density at radius 3 is 2.16 bits per heavy atom. The van der Waals surface area contributed by atoms with E-state index in [4.69, 9.17) is 0 Å². The number of aryl methyl sites for hydroxylation is 1. The SMILES string of the molecule is C=C(N/C(C)=C/C(C)=C/C(=C\CC(C)(C)C)C(=C)c1ccccc1)c1cccc(C)c1. The molecule has 0 saturated heterocycles. The van der Waals surface area contributed by atoms with Gasteiger partial charge >= 0.3 is 0 Å². The van der Waals surface area contributed by atoms with Crippen LogP contribution in [-0.2, 0) is 0 Å². The van der Waals surface area contributed by atoms with Crippen LogP contribution in [0.1, 0.15) is 57.7 Å². The van der Waals surface area contributed by atoms with Gasteiger partial charge < -0.3 is 5.32 Å². The van der Waals surface area contributed by atoms with E-state index in [1.807, 2.05) is 6.07 Å². The molecule has 1 heteroatoms. The third-order valence-corrected chi connectivity index (χ3v) is 4.95. The Balaban J connectivity index is 2.24. The summed E-state index contributed by atoms with van der Waals surface area (Å²) in [5, 5.41) is 3.43. The number of nitrogens with one attached hydrogen (secondary N) is 1. The van der Waals surface area contributed by atoms with E-state index in [2.05, 4.69) is 127 Å². The molecule has 0 aliphatic heterocycles. The van der Waals surface area contributed by atoms with E-state index in [0.29, 0.717) is 0 Å². The van der Waals surface area contributed by atoms with Crippen LogP contribution in [0.25, 0.3) is 11.3 Å². The molecule has 0 heterocycles. The van der Waals surface area contributed by atoms with Crippen LogP contribution < -0.4 is 5.32 Å². The fraction of sp³-hybridized carbons (Fsp3) is 0.267. The van der Waals surface area contributed by atoms with Crippen molar-refractivity contribution in [2.75, 3.05) is 0 Å². The maximum atomic E-state index is 4.39. The van der Waals surface area contributed by atoms with Gasteiger partial charge in [-0.25, -0.2) is 0 Å². The molecule has 0 unspecified atom stereocenters. The Labute approximate surface area is 189 Å². The van der Waals surface area contributed by atoms with Crippen molar-refractivity contribution in [2.24, 2.45) is 5.41 Å². The fourth-order valence-corrected chi connectivity index (χ4v) is 3.30. The second-order valence-electron chi connectivity index (χ2n) is 9.46. The molecular formula is C30H37N. The summed E-state index contributed by atoms with van der Waals surface area (Å²) in [7, 11) is 0. The molecule has 0 aromatic heterocycles. The molecule has 2 aromatic carbocycles. The van der Waals surface area contributed by atoms with Crippen molar-refractivity contribution < 1.29 is 0 Å². The molecule has 0 fully saturated rings. The second kappa shape index (κ2) is 10.8. The van der Waals surface area contributed by atoms with Crippen LogP contribution >= 0.6 is 0 Å². The molecule has 1 nitrogen and oxygen atoms in total. The molecule has 0 aliphatic rings. The molecule has 31 heavy (non-hydrogen) atoms. The Hall–Kier alpha value is -3.06. The molecular weight excluding hydrogens is 374 g/mol. The first-order valence-electron chi connectivity index (χ1n) is 10.9. The normalized spacial score (nSPS) is 13.2. The van der Waals surface area contributed by atoms with Gasteiger partial charge in [0.05, 0.1) is 0 Å². The third-order valence-electron chi connectivity index (χ3n) is 4.95. The highest BCUT2D eigenvalue weighted by Gasteiger charge is 2.10. The van der Waals surface area contributed by atoms with Gasteiger partial charge in [-0.1, -0.05) is 100 Å². The minimum absolute atomic E-state index is 0.225. The van der Waals surface area contributed by atoms with E-state index in [9.17, 15) is 0 Å². The van der Waals surface area contributed by atoms with E-state index < -0.39 is 0 Å². The standard InChI is InChI=1S/C30H37N/c1-22-13-12-16-29(20-22)26(5)31-24(3)19-23(2)21-28(17-18-30(6,7)8)25(4)27-14-10-9-11-15-27/h9-17,19-21,31H,4-5,18H2,1-3,6-8H3/b23-21+,24-19+,28-17+. The minimum Gasteiger partial charge on any atom is -0.359 e. The van der Waals surface area contributed by atoms with Crippen molar-refractivity contribution in [2.45, 2.75) is 48.0 Å². The maximum Gasteiger partial charge on any atom is 0.0382 e. The molecule has 2 rings (SSSR count). The molecule has 162 valence electrons. The zero-order valence-corrected chi connectivity index (χ0v) is 20.0. The summed E-state index contributed by atoms with van der Waals surface area (Å²) in [6, 6.07) is 18.8. The van der Waals surface area contributed by atoms with Crippen molar-refractivity contribution >= 4 is 11.3 Å². The highest BCUT2D eigenvalue weighted by atomic mass is 14.9. The number of benzene rings is 2. The van der Waals surface area contributed by atoms with Crippen molar-refractivity contribution in [1.82, 2.24) is 5.32 Å². The van der Waals surface area contributed by atoms with Crippen LogP contribution in [0.4, 0.5) is 0 Å². The van der Waals surface area contributed by atoms with Gasteiger partial charge in [0, 0.05) is 11.4 Å². The molecule has 1 N–H and O–H groups in total. The van der Waals surface area contributed by atoms with Gasteiger partial charge in [0.25, 0.3) is 0 Å². The molecule has 0 aliphatic carbocycles. The Morgan fingerprint density at radius 2 is 1.55 bits per heavy atom. The lowest BCUT2D eigenvalue weighted by Gasteiger charge is -2.17. The van der Waals surface area contributed by atoms with Gasteiger partial charge in [-0.2, -0.15) is 0 Å². The first kappa shape index (κ1) is 24.2. The Morgan fingerprint density at radius 1 is 0.903 bits per heavy atom. The van der Waals surface area contributed by atoms with Crippen LogP contribution in [-0.4, -0.2) is 0 Å². The fourth-order valence-electron chi connectivity index (χ4n) is 3.30. The smallest absolute Gasteiger partial charge is 0.0382 e. The average Bonchev–Trinajstić information content (AvgIpc) is 2.70. The molecule has 0 atom stereocenters. The second-order valence-corrected chi connectivity index (χ2v) is 9.46. The van der Waals surface area contributed by atoms with Gasteiger partial charge in [0.2, 0.25) is 0 Å². The van der Waals surface area contributed by atoms with Gasteiger partial charge in [-0.3, -0.25) is 0 Å². The molecule has 0 radical (unpaired) electrons. The minimum atomic E-state index is 0.225. The summed E-state index contributed by atoms with van der Waals surface area (Å²) in [6.07, 6.45) is 7.68. The van der Waals surface area contributed by atoms with Crippen LogP contribution in [0.3, 0.4) is 0 Å². The van der Waals surface area contributed by atoms with Gasteiger partial charge in [-0.15, -0.1) is 0 Å². The van der Waals surface area contributed by atoms with Gasteiger partial charge in [-0.05, 0) is 72.6 Å². The van der Waals surface area contributed by atoms with E-state index in [1.165, 1.54) is 16.7 Å². The van der Waals surface area contributed by atoms with Crippen LogP contribution in [0.5, 0.6) is 0 Å². The third kappa shape index (κ3) is 8.30. The highest BCUT2D eigenvalue weighted by Crippen LogP contribution is 2.27. The summed E-state index contributed by atoms with van der Waals surface area (Å²) >= 11 is 0. The summed E-state index contributed by atoms with van der Waals surface area (Å²) in [4.78, 5) is 0. The maximum absolute atomic E-state index is 4.39. The van der Waals surface area contributed by atoms with Crippen LogP contribution in [0.2, 0.25) is 0 Å². The first-order valence-corrected chi connectivity index (χ1v) is 10.9. The van der Waals surface area contributed by atoms with Crippen molar-refractivity contribution in [1.29, 1.82) is 0 Å². The summed E-state index contributed by atoms with van der Waals surface area (Å²) in [5.74, 6) is 0. The predicted molar refractivity (Wildman–Crippen MR) is 138 cm³/mol. The van der Waals surface area contributed by atoms with E-state index in [0.717, 1.165) is 34.5 Å². The molecule has 2 aromatic rings. The number of hydrogen-bond donors (Lipinski definition) is 1. The van der Waals surface area contributed by atoms with Gasteiger partial charge in [0.1, 0.15) is 0 Å². The Kier molecular flexibility index (Phi) is 8.45. The van der Waals surface area contributed by atoms with Crippen molar-refractivity contribution in [3.63, 3.8) is 0 Å². The monoisotopic (exact) mass is 411 g/mol. The highest BCUT2D eigenvalue weighted by molar-refractivity contribution is 5.80. The summed E-state index contributed by atoms with van der Waals surface area (Å²) in [5.41, 5.74) is 9.06. The van der Waals surface area contributed by atoms with Crippen LogP contribution in [0.15, 0.2) is 103 Å². The van der Waals surface area contributed by atoms with E-state index >= 15 is 0 Å². The predicted octanol–water partition coefficient (Wildman–Crippen LogP) is 8.48.